The number of nitrogens with two attached hydrogens (primary N) is 1. The number of nitrogens with zero attached hydrogens (tertiary/aromatic N) is 3. The molecule has 0 spiro atoms. The minimum Gasteiger partial charge on any atom is -0.481 e. The van der Waals surface area contributed by atoms with E-state index in [-0.39, 0.29) is 6.04 Å². The van der Waals surface area contributed by atoms with Crippen molar-refractivity contribution in [1.82, 2.24) is 15.1 Å². The Morgan fingerprint density at radius 2 is 2.17 bits per heavy atom. The van der Waals surface area contributed by atoms with Crippen LogP contribution in [0.4, 0.5) is 0 Å². The van der Waals surface area contributed by atoms with E-state index in [1.54, 1.807) is 23.9 Å². The molecule has 1 unspecified atom stereocenters. The first-order valence-electron chi connectivity index (χ1n) is 7.41. The molecule has 1 heterocycles. The molecule has 0 aliphatic rings. The highest BCUT2D eigenvalue weighted by atomic mass is 35.5. The molecule has 0 radical (unpaired) electrons. The lowest BCUT2D eigenvalue weighted by atomic mass is 10.1. The van der Waals surface area contributed by atoms with Crippen LogP contribution in [0.2, 0.25) is 10.0 Å². The van der Waals surface area contributed by atoms with Gasteiger partial charge >= 0.3 is 0 Å². The summed E-state index contributed by atoms with van der Waals surface area (Å²) in [4.78, 5) is 4.37. The van der Waals surface area contributed by atoms with Crippen molar-refractivity contribution < 1.29 is 4.74 Å². The van der Waals surface area contributed by atoms with E-state index in [4.69, 9.17) is 33.7 Å². The summed E-state index contributed by atoms with van der Waals surface area (Å²) < 4.78 is 7.03. The van der Waals surface area contributed by atoms with Crippen LogP contribution in [0.15, 0.2) is 23.2 Å². The maximum Gasteiger partial charge on any atom is 0.216 e. The number of aryl methyl sites for hydroxylation is 2. The Balaban J connectivity index is 2.09. The molecule has 3 N–H and O–H groups in total. The fraction of sp³-hybridized carbons (Fsp3) is 0.375. The van der Waals surface area contributed by atoms with E-state index in [9.17, 15) is 0 Å². The van der Waals surface area contributed by atoms with Crippen molar-refractivity contribution in [2.45, 2.75) is 26.4 Å². The summed E-state index contributed by atoms with van der Waals surface area (Å²) in [5.74, 6) is 0.997. The average Bonchev–Trinajstić information content (AvgIpc) is 2.77. The fourth-order valence-corrected chi connectivity index (χ4v) is 3.05. The minimum absolute atomic E-state index is 0.101. The number of guanidine groups is 1. The van der Waals surface area contributed by atoms with Gasteiger partial charge in [-0.1, -0.05) is 29.3 Å². The molecular weight excluding hydrogens is 349 g/mol. The van der Waals surface area contributed by atoms with Gasteiger partial charge in [-0.05, 0) is 31.5 Å². The van der Waals surface area contributed by atoms with E-state index >= 15 is 0 Å². The standard InChI is InChI=1S/C16H21Cl2N5O/c1-9(12-6-5-11(17)7-14(12)18)21-16(19)20-8-13-10(2)22-23(3)15(13)24-4/h5-7,9H,8H2,1-4H3,(H3,19,20,21). The van der Waals surface area contributed by atoms with Crippen molar-refractivity contribution in [3.63, 3.8) is 0 Å². The molecule has 24 heavy (non-hydrogen) atoms. The Bertz CT molecular complexity index is 757. The third kappa shape index (κ3) is 4.13. The smallest absolute Gasteiger partial charge is 0.216 e. The molecule has 0 aliphatic carbocycles. The number of aromatic nitrogens is 2. The van der Waals surface area contributed by atoms with Crippen molar-refractivity contribution in [2.75, 3.05) is 7.11 Å². The third-order valence-corrected chi connectivity index (χ3v) is 4.25. The summed E-state index contributed by atoms with van der Waals surface area (Å²) in [6, 6.07) is 5.26. The summed E-state index contributed by atoms with van der Waals surface area (Å²) in [5.41, 5.74) is 8.65. The van der Waals surface area contributed by atoms with E-state index in [1.165, 1.54) is 0 Å². The first-order chi connectivity index (χ1) is 11.3. The first kappa shape index (κ1) is 18.4. The number of hydrogen-bond donors (Lipinski definition) is 2. The van der Waals surface area contributed by atoms with Crippen LogP contribution in [0, 0.1) is 6.92 Å². The van der Waals surface area contributed by atoms with E-state index in [1.807, 2.05) is 27.0 Å². The second kappa shape index (κ2) is 7.77. The molecule has 1 aromatic heterocycles. The largest absolute Gasteiger partial charge is 0.481 e. The summed E-state index contributed by atoms with van der Waals surface area (Å²) in [7, 11) is 3.43. The monoisotopic (exact) mass is 369 g/mol. The molecule has 2 rings (SSSR count). The SMILES string of the molecule is COc1c(CN=C(N)NC(C)c2ccc(Cl)cc2Cl)c(C)nn1C. The molecule has 0 saturated heterocycles. The van der Waals surface area contributed by atoms with Gasteiger partial charge in [0.2, 0.25) is 5.88 Å². The maximum atomic E-state index is 6.21. The van der Waals surface area contributed by atoms with Crippen LogP contribution in [-0.4, -0.2) is 22.8 Å². The van der Waals surface area contributed by atoms with Gasteiger partial charge in [-0.3, -0.25) is 0 Å². The van der Waals surface area contributed by atoms with E-state index in [2.05, 4.69) is 15.4 Å². The van der Waals surface area contributed by atoms with Gasteiger partial charge < -0.3 is 15.8 Å². The lowest BCUT2D eigenvalue weighted by molar-refractivity contribution is 0.369. The Hall–Kier alpha value is -1.92. The predicted octanol–water partition coefficient (Wildman–Crippen LogP) is 3.21. The Morgan fingerprint density at radius 3 is 2.79 bits per heavy atom. The second-order valence-electron chi connectivity index (χ2n) is 5.43. The van der Waals surface area contributed by atoms with Gasteiger partial charge in [0.25, 0.3) is 0 Å². The number of aliphatic imine (C=N–C) groups is 1. The highest BCUT2D eigenvalue weighted by Gasteiger charge is 2.14. The summed E-state index contributed by atoms with van der Waals surface area (Å²) in [5, 5.41) is 8.62. The molecule has 1 aromatic carbocycles. The van der Waals surface area contributed by atoms with Gasteiger partial charge in [0.1, 0.15) is 0 Å². The number of benzene rings is 1. The summed E-state index contributed by atoms with van der Waals surface area (Å²) in [6.45, 7) is 4.24. The van der Waals surface area contributed by atoms with Crippen LogP contribution in [0.25, 0.3) is 0 Å². The maximum absolute atomic E-state index is 6.21. The lowest BCUT2D eigenvalue weighted by Gasteiger charge is -2.16. The highest BCUT2D eigenvalue weighted by Crippen LogP contribution is 2.26. The van der Waals surface area contributed by atoms with Gasteiger partial charge in [0.05, 0.1) is 31.0 Å². The third-order valence-electron chi connectivity index (χ3n) is 3.68. The molecule has 0 fully saturated rings. The summed E-state index contributed by atoms with van der Waals surface area (Å²) in [6.07, 6.45) is 0. The Kier molecular flexibility index (Phi) is 5.96. The predicted molar refractivity (Wildman–Crippen MR) is 97.8 cm³/mol. The van der Waals surface area contributed by atoms with Crippen LogP contribution in [-0.2, 0) is 13.6 Å². The number of ether oxygens (including phenoxy) is 1. The second-order valence-corrected chi connectivity index (χ2v) is 6.27. The molecule has 130 valence electrons. The first-order valence-corrected chi connectivity index (χ1v) is 8.17. The zero-order valence-electron chi connectivity index (χ0n) is 14.1. The average molecular weight is 370 g/mol. The van der Waals surface area contributed by atoms with Gasteiger partial charge in [0.15, 0.2) is 5.96 Å². The summed E-state index contributed by atoms with van der Waals surface area (Å²) >= 11 is 12.1. The van der Waals surface area contributed by atoms with Crippen LogP contribution >= 0.6 is 23.2 Å². The van der Waals surface area contributed by atoms with Gasteiger partial charge in [0, 0.05) is 17.1 Å². The van der Waals surface area contributed by atoms with Gasteiger partial charge in [-0.25, -0.2) is 9.67 Å². The molecule has 2 aromatic rings. The van der Waals surface area contributed by atoms with Crippen molar-refractivity contribution in [3.05, 3.63) is 45.1 Å². The van der Waals surface area contributed by atoms with Crippen molar-refractivity contribution in [2.24, 2.45) is 17.8 Å². The van der Waals surface area contributed by atoms with Crippen molar-refractivity contribution >= 4 is 29.2 Å². The molecule has 8 heteroatoms. The van der Waals surface area contributed by atoms with Crippen LogP contribution in [0.1, 0.15) is 29.8 Å². The molecule has 0 saturated carbocycles. The topological polar surface area (TPSA) is 77.5 Å². The number of methoxy groups -OCH3 is 1. The van der Waals surface area contributed by atoms with Crippen LogP contribution < -0.4 is 15.8 Å². The number of nitrogens with one attached hydrogen (secondary N) is 1. The molecular formula is C16H21Cl2N5O. The minimum atomic E-state index is -0.101. The van der Waals surface area contributed by atoms with E-state index in [0.29, 0.717) is 28.4 Å². The zero-order chi connectivity index (χ0) is 17.9. The Morgan fingerprint density at radius 1 is 1.46 bits per heavy atom. The van der Waals surface area contributed by atoms with Crippen LogP contribution in [0.3, 0.4) is 0 Å². The number of halogens is 2. The Labute approximate surface area is 151 Å². The highest BCUT2D eigenvalue weighted by molar-refractivity contribution is 6.35. The zero-order valence-corrected chi connectivity index (χ0v) is 15.6. The normalized spacial score (nSPS) is 13.0. The van der Waals surface area contributed by atoms with E-state index in [0.717, 1.165) is 16.8 Å². The lowest BCUT2D eigenvalue weighted by Crippen LogP contribution is -2.34. The quantitative estimate of drug-likeness (QED) is 0.626. The van der Waals surface area contributed by atoms with Crippen LogP contribution in [0.5, 0.6) is 5.88 Å². The van der Waals surface area contributed by atoms with E-state index < -0.39 is 0 Å². The van der Waals surface area contributed by atoms with Gasteiger partial charge in [-0.15, -0.1) is 0 Å². The number of hydrogen-bond acceptors (Lipinski definition) is 3. The fourth-order valence-electron chi connectivity index (χ4n) is 2.48. The molecule has 0 aliphatic heterocycles. The molecule has 1 atom stereocenters. The molecule has 0 amide bonds. The van der Waals surface area contributed by atoms with Crippen molar-refractivity contribution in [1.29, 1.82) is 0 Å². The molecule has 0 bridgehead atoms. The van der Waals surface area contributed by atoms with Crippen molar-refractivity contribution in [3.8, 4) is 5.88 Å². The van der Waals surface area contributed by atoms with Gasteiger partial charge in [-0.2, -0.15) is 5.10 Å². The molecule has 6 nitrogen and oxygen atoms in total. The number of rotatable bonds is 5.